The monoisotopic (exact) mass is 451 g/mol. The second-order valence-electron chi connectivity index (χ2n) is 8.36. The fourth-order valence-corrected chi connectivity index (χ4v) is 3.68. The van der Waals surface area contributed by atoms with Crippen molar-refractivity contribution in [2.45, 2.75) is 59.9 Å². The van der Waals surface area contributed by atoms with E-state index in [1.54, 1.807) is 0 Å². The number of anilines is 1. The summed E-state index contributed by atoms with van der Waals surface area (Å²) >= 11 is 0. The van der Waals surface area contributed by atoms with Gasteiger partial charge in [-0.05, 0) is 75.4 Å². The van der Waals surface area contributed by atoms with Crippen LogP contribution in [0.3, 0.4) is 0 Å². The third kappa shape index (κ3) is 6.35. The van der Waals surface area contributed by atoms with E-state index >= 15 is 0 Å². The van der Waals surface area contributed by atoms with E-state index in [1.807, 2.05) is 32.9 Å². The van der Waals surface area contributed by atoms with Crippen molar-refractivity contribution in [2.75, 3.05) is 18.4 Å². The van der Waals surface area contributed by atoms with Crippen molar-refractivity contribution < 1.29 is 9.32 Å². The Morgan fingerprint density at radius 1 is 1.15 bits per heavy atom. The predicted molar refractivity (Wildman–Crippen MR) is 129 cm³/mol. The van der Waals surface area contributed by atoms with Crippen molar-refractivity contribution in [1.82, 2.24) is 25.4 Å². The largest absolute Gasteiger partial charge is 0.355 e. The second-order valence-corrected chi connectivity index (χ2v) is 8.36. The van der Waals surface area contributed by atoms with Gasteiger partial charge in [-0.25, -0.2) is 9.97 Å². The third-order valence-electron chi connectivity index (χ3n) is 5.19. The van der Waals surface area contributed by atoms with Gasteiger partial charge in [-0.3, -0.25) is 4.79 Å². The van der Waals surface area contributed by atoms with E-state index in [-0.39, 0.29) is 11.9 Å². The van der Waals surface area contributed by atoms with Crippen LogP contribution in [0.2, 0.25) is 0 Å². The number of amides is 1. The lowest BCUT2D eigenvalue weighted by Gasteiger charge is -2.13. The molecule has 1 aromatic carbocycles. The number of hydrogen-bond acceptors (Lipinski definition) is 8. The van der Waals surface area contributed by atoms with Crippen LogP contribution in [0.15, 0.2) is 22.7 Å². The van der Waals surface area contributed by atoms with Gasteiger partial charge in [0.2, 0.25) is 17.7 Å². The minimum Gasteiger partial charge on any atom is -0.355 e. The molecule has 0 radical (unpaired) electrons. The average Bonchev–Trinajstić information content (AvgIpc) is 3.26. The number of nitrogens with zero attached hydrogens (tertiary/aromatic N) is 4. The lowest BCUT2D eigenvalue weighted by Crippen LogP contribution is -2.29. The molecule has 3 aromatic rings. The summed E-state index contributed by atoms with van der Waals surface area (Å²) in [7, 11) is 0. The van der Waals surface area contributed by atoms with Gasteiger partial charge in [0.15, 0.2) is 0 Å². The number of aromatic nitrogens is 4. The molecule has 0 aliphatic heterocycles. The molecule has 33 heavy (non-hydrogen) atoms. The van der Waals surface area contributed by atoms with E-state index in [1.165, 1.54) is 11.1 Å². The van der Waals surface area contributed by atoms with Gasteiger partial charge in [0, 0.05) is 36.8 Å². The minimum absolute atomic E-state index is 0.0141. The fourth-order valence-electron chi connectivity index (χ4n) is 3.68. The highest BCUT2D eigenvalue weighted by molar-refractivity contribution is 5.76. The Bertz CT molecular complexity index is 1110. The van der Waals surface area contributed by atoms with Gasteiger partial charge in [0.05, 0.1) is 0 Å². The lowest BCUT2D eigenvalue weighted by atomic mass is 9.93. The summed E-state index contributed by atoms with van der Waals surface area (Å²) in [6.45, 7) is 11.1. The molecule has 0 saturated heterocycles. The normalized spacial score (nSPS) is 11.1. The van der Waals surface area contributed by atoms with Crippen LogP contribution in [0.1, 0.15) is 49.6 Å². The number of aryl methyl sites for hydroxylation is 3. The van der Waals surface area contributed by atoms with Gasteiger partial charge in [-0.15, -0.1) is 0 Å². The van der Waals surface area contributed by atoms with Crippen LogP contribution in [0.25, 0.3) is 23.0 Å². The van der Waals surface area contributed by atoms with E-state index in [4.69, 9.17) is 10.3 Å². The van der Waals surface area contributed by atoms with Crippen LogP contribution in [-0.4, -0.2) is 45.1 Å². The van der Waals surface area contributed by atoms with Crippen molar-refractivity contribution >= 4 is 11.9 Å². The summed E-state index contributed by atoms with van der Waals surface area (Å²) in [4.78, 5) is 25.5. The summed E-state index contributed by atoms with van der Waals surface area (Å²) in [6.07, 6.45) is 1.95. The molecular weight excluding hydrogens is 418 g/mol. The van der Waals surface area contributed by atoms with Gasteiger partial charge < -0.3 is 20.9 Å². The van der Waals surface area contributed by atoms with Gasteiger partial charge in [-0.2, -0.15) is 4.98 Å². The van der Waals surface area contributed by atoms with Crippen molar-refractivity contribution in [3.8, 4) is 23.0 Å². The number of carbonyl (C=O) groups is 1. The highest BCUT2D eigenvalue weighted by Gasteiger charge is 2.17. The molecule has 1 amide bonds. The first-order valence-electron chi connectivity index (χ1n) is 11.4. The molecule has 0 aliphatic rings. The highest BCUT2D eigenvalue weighted by atomic mass is 16.5. The van der Waals surface area contributed by atoms with E-state index in [0.29, 0.717) is 49.3 Å². The van der Waals surface area contributed by atoms with Crippen molar-refractivity contribution in [2.24, 2.45) is 5.73 Å². The van der Waals surface area contributed by atoms with Crippen LogP contribution in [0.5, 0.6) is 0 Å². The van der Waals surface area contributed by atoms with Crippen LogP contribution in [-0.2, 0) is 17.6 Å². The minimum atomic E-state index is 0.0141. The number of rotatable bonds is 10. The molecule has 0 atom stereocenters. The first-order valence-corrected chi connectivity index (χ1v) is 11.4. The number of hydrogen-bond donors (Lipinski definition) is 3. The lowest BCUT2D eigenvalue weighted by molar-refractivity contribution is -0.121. The molecule has 0 aliphatic carbocycles. The van der Waals surface area contributed by atoms with Crippen LogP contribution >= 0.6 is 0 Å². The standard InChI is InChI=1S/C24H33N7O2/c1-6-17-13-18(11-15(4)19(17)7-8-21(32)26-10-9-25)22-30-23(33-31-22)20-12-16(5)28-24(29-20)27-14(2)3/h11-14H,6-10,25H2,1-5H3,(H,26,32)(H,27,28,29). The molecule has 2 heterocycles. The summed E-state index contributed by atoms with van der Waals surface area (Å²) in [5.74, 6) is 1.40. The molecule has 0 unspecified atom stereocenters. The third-order valence-corrected chi connectivity index (χ3v) is 5.19. The maximum absolute atomic E-state index is 12.0. The quantitative estimate of drug-likeness (QED) is 0.428. The van der Waals surface area contributed by atoms with E-state index < -0.39 is 0 Å². The molecule has 0 fully saturated rings. The van der Waals surface area contributed by atoms with Gasteiger partial charge in [-0.1, -0.05) is 12.1 Å². The van der Waals surface area contributed by atoms with Gasteiger partial charge in [0.25, 0.3) is 5.89 Å². The summed E-state index contributed by atoms with van der Waals surface area (Å²) in [6, 6.07) is 6.15. The Morgan fingerprint density at radius 3 is 2.64 bits per heavy atom. The zero-order valence-electron chi connectivity index (χ0n) is 20.0. The predicted octanol–water partition coefficient (Wildman–Crippen LogP) is 3.20. The molecule has 4 N–H and O–H groups in total. The number of benzene rings is 1. The Hall–Kier alpha value is -3.33. The number of nitrogens with two attached hydrogens (primary N) is 1. The summed E-state index contributed by atoms with van der Waals surface area (Å²) in [5.41, 5.74) is 11.2. The van der Waals surface area contributed by atoms with Crippen LogP contribution in [0.4, 0.5) is 5.95 Å². The summed E-state index contributed by atoms with van der Waals surface area (Å²) in [5, 5.41) is 10.2. The van der Waals surface area contributed by atoms with E-state index in [2.05, 4.69) is 50.7 Å². The van der Waals surface area contributed by atoms with E-state index in [0.717, 1.165) is 23.2 Å². The van der Waals surface area contributed by atoms with Crippen molar-refractivity contribution in [3.05, 3.63) is 40.6 Å². The van der Waals surface area contributed by atoms with Gasteiger partial charge >= 0.3 is 0 Å². The first kappa shape index (κ1) is 24.3. The number of nitrogens with one attached hydrogen (secondary N) is 2. The highest BCUT2D eigenvalue weighted by Crippen LogP contribution is 2.27. The molecule has 9 heteroatoms. The molecule has 2 aromatic heterocycles. The second kappa shape index (κ2) is 11.0. The number of carbonyl (C=O) groups excluding carboxylic acids is 1. The first-order chi connectivity index (χ1) is 15.8. The van der Waals surface area contributed by atoms with Crippen LogP contribution < -0.4 is 16.4 Å². The molecule has 9 nitrogen and oxygen atoms in total. The molecule has 0 bridgehead atoms. The maximum atomic E-state index is 12.0. The van der Waals surface area contributed by atoms with Gasteiger partial charge in [0.1, 0.15) is 5.69 Å². The van der Waals surface area contributed by atoms with Crippen molar-refractivity contribution in [3.63, 3.8) is 0 Å². The van der Waals surface area contributed by atoms with E-state index in [9.17, 15) is 4.79 Å². The van der Waals surface area contributed by atoms with Crippen molar-refractivity contribution in [1.29, 1.82) is 0 Å². The zero-order valence-corrected chi connectivity index (χ0v) is 20.0. The molecule has 3 rings (SSSR count). The average molecular weight is 452 g/mol. The van der Waals surface area contributed by atoms with Crippen LogP contribution in [0, 0.1) is 13.8 Å². The Kier molecular flexibility index (Phi) is 8.11. The summed E-state index contributed by atoms with van der Waals surface area (Å²) < 4.78 is 5.54. The topological polar surface area (TPSA) is 132 Å². The Morgan fingerprint density at radius 2 is 1.94 bits per heavy atom. The zero-order chi connectivity index (χ0) is 24.0. The molecule has 0 spiro atoms. The molecular formula is C24H33N7O2. The Balaban J connectivity index is 1.84. The SMILES string of the molecule is CCc1cc(-c2noc(-c3cc(C)nc(NC(C)C)n3)n2)cc(C)c1CCC(=O)NCCN. The smallest absolute Gasteiger partial charge is 0.277 e. The fraction of sp³-hybridized carbons (Fsp3) is 0.458. The molecule has 176 valence electrons. The Labute approximate surface area is 194 Å². The molecule has 0 saturated carbocycles. The maximum Gasteiger partial charge on any atom is 0.277 e.